The molecular weight excluding hydrogens is 341 g/mol. The van der Waals surface area contributed by atoms with E-state index in [2.05, 4.69) is 22.1 Å². The smallest absolute Gasteiger partial charge is 0.269 e. The van der Waals surface area contributed by atoms with E-state index in [1.54, 1.807) is 24.4 Å². The molecule has 0 radical (unpaired) electrons. The number of rotatable bonds is 7. The number of benzene rings is 2. The van der Waals surface area contributed by atoms with Gasteiger partial charge in [0.1, 0.15) is 11.5 Å². The molecule has 27 heavy (non-hydrogen) atoms. The Morgan fingerprint density at radius 2 is 1.74 bits per heavy atom. The monoisotopic (exact) mass is 363 g/mol. The number of carbonyl (C=O) groups is 1. The van der Waals surface area contributed by atoms with Crippen LogP contribution in [0.3, 0.4) is 0 Å². The lowest BCUT2D eigenvalue weighted by Gasteiger charge is -2.22. The molecule has 0 fully saturated rings. The summed E-state index contributed by atoms with van der Waals surface area (Å²) in [6, 6.07) is 20.0. The van der Waals surface area contributed by atoms with Crippen molar-refractivity contribution in [1.29, 1.82) is 0 Å². The quantitative estimate of drug-likeness (QED) is 0.679. The molecule has 0 bridgehead atoms. The molecule has 1 N–H and O–H groups in total. The molecule has 1 amide bonds. The molecule has 3 rings (SSSR count). The SMILES string of the molecule is CCN(c1ccccc1)c1ccc(C(=O)NCCc2ccc(F)cc2)nc1. The van der Waals surface area contributed by atoms with Crippen LogP contribution in [0, 0.1) is 5.82 Å². The van der Waals surface area contributed by atoms with E-state index in [9.17, 15) is 9.18 Å². The highest BCUT2D eigenvalue weighted by Gasteiger charge is 2.10. The minimum Gasteiger partial charge on any atom is -0.350 e. The van der Waals surface area contributed by atoms with Crippen LogP contribution >= 0.6 is 0 Å². The number of hydrogen-bond donors (Lipinski definition) is 1. The summed E-state index contributed by atoms with van der Waals surface area (Å²) in [4.78, 5) is 18.7. The first-order chi connectivity index (χ1) is 13.2. The van der Waals surface area contributed by atoms with Crippen LogP contribution < -0.4 is 10.2 Å². The van der Waals surface area contributed by atoms with Crippen molar-refractivity contribution in [3.05, 3.63) is 90.0 Å². The van der Waals surface area contributed by atoms with Gasteiger partial charge >= 0.3 is 0 Å². The Kier molecular flexibility index (Phi) is 6.15. The van der Waals surface area contributed by atoms with E-state index in [0.717, 1.165) is 23.5 Å². The lowest BCUT2D eigenvalue weighted by molar-refractivity contribution is 0.0949. The van der Waals surface area contributed by atoms with Gasteiger partial charge in [-0.3, -0.25) is 4.79 Å². The molecule has 0 saturated carbocycles. The summed E-state index contributed by atoms with van der Waals surface area (Å²) in [5.74, 6) is -0.477. The van der Waals surface area contributed by atoms with E-state index in [1.165, 1.54) is 12.1 Å². The van der Waals surface area contributed by atoms with E-state index < -0.39 is 0 Å². The molecule has 0 aliphatic rings. The standard InChI is InChI=1S/C22H22FN3O/c1-2-26(19-6-4-3-5-7-19)20-12-13-21(25-16-20)22(27)24-15-14-17-8-10-18(23)11-9-17/h3-13,16H,2,14-15H2,1H3,(H,24,27). The molecule has 5 heteroatoms. The van der Waals surface area contributed by atoms with Gasteiger partial charge in [-0.15, -0.1) is 0 Å². The van der Waals surface area contributed by atoms with Crippen molar-refractivity contribution in [3.63, 3.8) is 0 Å². The number of para-hydroxylation sites is 1. The minimum absolute atomic E-state index is 0.216. The minimum atomic E-state index is -0.260. The number of halogens is 1. The zero-order valence-electron chi connectivity index (χ0n) is 15.2. The summed E-state index contributed by atoms with van der Waals surface area (Å²) in [6.45, 7) is 3.34. The van der Waals surface area contributed by atoms with Crippen LogP contribution in [0.5, 0.6) is 0 Å². The summed E-state index contributed by atoms with van der Waals surface area (Å²) < 4.78 is 12.9. The number of aromatic nitrogens is 1. The molecular formula is C22H22FN3O. The maximum atomic E-state index is 12.9. The zero-order valence-corrected chi connectivity index (χ0v) is 15.2. The van der Waals surface area contributed by atoms with E-state index in [0.29, 0.717) is 18.7 Å². The predicted octanol–water partition coefficient (Wildman–Crippen LogP) is 4.35. The second-order valence-corrected chi connectivity index (χ2v) is 6.11. The number of anilines is 2. The van der Waals surface area contributed by atoms with Crippen molar-refractivity contribution < 1.29 is 9.18 Å². The van der Waals surface area contributed by atoms with Crippen LogP contribution in [0.15, 0.2) is 72.9 Å². The highest BCUT2D eigenvalue weighted by molar-refractivity contribution is 5.92. The van der Waals surface area contributed by atoms with E-state index >= 15 is 0 Å². The third-order valence-electron chi connectivity index (χ3n) is 4.29. The number of pyridine rings is 1. The van der Waals surface area contributed by atoms with Crippen LogP contribution in [0.25, 0.3) is 0 Å². The van der Waals surface area contributed by atoms with Crippen LogP contribution in [0.4, 0.5) is 15.8 Å². The van der Waals surface area contributed by atoms with Crippen LogP contribution in [-0.2, 0) is 6.42 Å². The average Bonchev–Trinajstić information content (AvgIpc) is 2.71. The fourth-order valence-electron chi connectivity index (χ4n) is 2.86. The number of carbonyl (C=O) groups excluding carboxylic acids is 1. The number of nitrogens with one attached hydrogen (secondary N) is 1. The number of amides is 1. The molecule has 1 aromatic heterocycles. The molecule has 0 saturated heterocycles. The molecule has 0 aliphatic carbocycles. The summed E-state index contributed by atoms with van der Waals surface area (Å²) in [6.07, 6.45) is 2.35. The first-order valence-electron chi connectivity index (χ1n) is 8.98. The topological polar surface area (TPSA) is 45.2 Å². The van der Waals surface area contributed by atoms with Crippen molar-refractivity contribution in [1.82, 2.24) is 10.3 Å². The van der Waals surface area contributed by atoms with Gasteiger partial charge in [-0.25, -0.2) is 9.37 Å². The van der Waals surface area contributed by atoms with E-state index in [1.807, 2.05) is 36.4 Å². The molecule has 0 atom stereocenters. The van der Waals surface area contributed by atoms with Gasteiger partial charge in [-0.2, -0.15) is 0 Å². The van der Waals surface area contributed by atoms with Gasteiger partial charge in [-0.05, 0) is 55.3 Å². The van der Waals surface area contributed by atoms with Gasteiger partial charge in [0.15, 0.2) is 0 Å². The van der Waals surface area contributed by atoms with Crippen LogP contribution in [0.1, 0.15) is 23.0 Å². The molecule has 0 spiro atoms. The van der Waals surface area contributed by atoms with Crippen molar-refractivity contribution in [2.75, 3.05) is 18.0 Å². The fourth-order valence-corrected chi connectivity index (χ4v) is 2.86. The van der Waals surface area contributed by atoms with E-state index in [4.69, 9.17) is 0 Å². The summed E-state index contributed by atoms with van der Waals surface area (Å²) in [5, 5.41) is 2.85. The third kappa shape index (κ3) is 4.91. The number of hydrogen-bond acceptors (Lipinski definition) is 3. The lowest BCUT2D eigenvalue weighted by atomic mass is 10.1. The van der Waals surface area contributed by atoms with Crippen molar-refractivity contribution in [3.8, 4) is 0 Å². The first kappa shape index (κ1) is 18.6. The maximum absolute atomic E-state index is 12.9. The third-order valence-corrected chi connectivity index (χ3v) is 4.29. The molecule has 138 valence electrons. The predicted molar refractivity (Wildman–Crippen MR) is 106 cm³/mol. The van der Waals surface area contributed by atoms with Gasteiger partial charge in [0.25, 0.3) is 5.91 Å². The zero-order chi connectivity index (χ0) is 19.1. The Morgan fingerprint density at radius 1 is 1.00 bits per heavy atom. The fraction of sp³-hybridized carbons (Fsp3) is 0.182. The molecule has 0 aliphatic heterocycles. The first-order valence-corrected chi connectivity index (χ1v) is 8.98. The summed E-state index contributed by atoms with van der Waals surface area (Å²) >= 11 is 0. The van der Waals surface area contributed by atoms with Gasteiger partial charge in [0, 0.05) is 18.8 Å². The van der Waals surface area contributed by atoms with Crippen LogP contribution in [0.2, 0.25) is 0 Å². The van der Waals surface area contributed by atoms with Gasteiger partial charge in [0.2, 0.25) is 0 Å². The molecule has 2 aromatic carbocycles. The Labute approximate surface area is 158 Å². The summed E-state index contributed by atoms with van der Waals surface area (Å²) in [7, 11) is 0. The van der Waals surface area contributed by atoms with Crippen molar-refractivity contribution >= 4 is 17.3 Å². The Morgan fingerprint density at radius 3 is 2.37 bits per heavy atom. The van der Waals surface area contributed by atoms with Crippen LogP contribution in [-0.4, -0.2) is 24.0 Å². The highest BCUT2D eigenvalue weighted by atomic mass is 19.1. The summed E-state index contributed by atoms with van der Waals surface area (Å²) in [5.41, 5.74) is 3.37. The molecule has 3 aromatic rings. The molecule has 1 heterocycles. The van der Waals surface area contributed by atoms with Gasteiger partial charge in [0.05, 0.1) is 11.9 Å². The van der Waals surface area contributed by atoms with Gasteiger partial charge < -0.3 is 10.2 Å². The normalized spacial score (nSPS) is 10.4. The van der Waals surface area contributed by atoms with E-state index in [-0.39, 0.29) is 11.7 Å². The Bertz CT molecular complexity index is 864. The van der Waals surface area contributed by atoms with Crippen molar-refractivity contribution in [2.45, 2.75) is 13.3 Å². The number of nitrogens with zero attached hydrogens (tertiary/aromatic N) is 2. The molecule has 4 nitrogen and oxygen atoms in total. The molecule has 0 unspecified atom stereocenters. The maximum Gasteiger partial charge on any atom is 0.269 e. The second kappa shape index (κ2) is 8.94. The highest BCUT2D eigenvalue weighted by Crippen LogP contribution is 2.23. The van der Waals surface area contributed by atoms with Crippen molar-refractivity contribution in [2.24, 2.45) is 0 Å². The Hall–Kier alpha value is -3.21. The van der Waals surface area contributed by atoms with Gasteiger partial charge in [-0.1, -0.05) is 30.3 Å². The second-order valence-electron chi connectivity index (χ2n) is 6.11. The largest absolute Gasteiger partial charge is 0.350 e. The average molecular weight is 363 g/mol. The Balaban J connectivity index is 1.59. The lowest BCUT2D eigenvalue weighted by Crippen LogP contribution is -2.26.